The van der Waals surface area contributed by atoms with E-state index in [1.807, 2.05) is 25.4 Å². The Labute approximate surface area is 179 Å². The van der Waals surface area contributed by atoms with Crippen molar-refractivity contribution in [1.82, 2.24) is 9.55 Å². The van der Waals surface area contributed by atoms with Gasteiger partial charge in [-0.25, -0.2) is 4.98 Å². The first-order valence-electron chi connectivity index (χ1n) is 9.77. The summed E-state index contributed by atoms with van der Waals surface area (Å²) in [5.74, 6) is 0.464. The number of aromatic nitrogens is 2. The molecule has 4 rings (SSSR count). The summed E-state index contributed by atoms with van der Waals surface area (Å²) < 4.78 is 7.62. The SMILES string of the molecule is Cn1cc(CCC(=O)Oc2ccccc2N=Nc2ccc(N)nc2N)c2ccccc21. The lowest BCUT2D eigenvalue weighted by atomic mass is 10.1. The first kappa shape index (κ1) is 20.1. The predicted octanol–water partition coefficient (Wildman–Crippen LogP) is 4.69. The van der Waals surface area contributed by atoms with Crippen molar-refractivity contribution < 1.29 is 9.53 Å². The number of hydrogen-bond donors (Lipinski definition) is 2. The molecule has 0 fully saturated rings. The van der Waals surface area contributed by atoms with Gasteiger partial charge < -0.3 is 20.8 Å². The molecule has 8 nitrogen and oxygen atoms in total. The zero-order chi connectivity index (χ0) is 21.8. The van der Waals surface area contributed by atoms with Crippen LogP contribution < -0.4 is 16.2 Å². The molecule has 2 aromatic heterocycles. The van der Waals surface area contributed by atoms with Crippen LogP contribution in [0.25, 0.3) is 10.9 Å². The molecule has 156 valence electrons. The predicted molar refractivity (Wildman–Crippen MR) is 121 cm³/mol. The number of azo groups is 1. The van der Waals surface area contributed by atoms with Crippen LogP contribution in [0.15, 0.2) is 77.1 Å². The molecule has 0 atom stereocenters. The van der Waals surface area contributed by atoms with Gasteiger partial charge in [0, 0.05) is 24.1 Å². The first-order valence-corrected chi connectivity index (χ1v) is 9.77. The van der Waals surface area contributed by atoms with E-state index in [9.17, 15) is 4.79 Å². The molecule has 0 radical (unpaired) electrons. The maximum Gasteiger partial charge on any atom is 0.311 e. The number of rotatable bonds is 6. The van der Waals surface area contributed by atoms with Gasteiger partial charge in [0.15, 0.2) is 11.6 Å². The average molecular weight is 414 g/mol. The molecule has 0 aliphatic rings. The van der Waals surface area contributed by atoms with Gasteiger partial charge in [-0.15, -0.1) is 10.2 Å². The number of hydrogen-bond acceptors (Lipinski definition) is 7. The third-order valence-corrected chi connectivity index (χ3v) is 4.86. The maximum absolute atomic E-state index is 12.5. The van der Waals surface area contributed by atoms with Gasteiger partial charge in [0.05, 0.1) is 6.42 Å². The summed E-state index contributed by atoms with van der Waals surface area (Å²) in [6.07, 6.45) is 2.87. The Bertz CT molecular complexity index is 1280. The van der Waals surface area contributed by atoms with Crippen LogP contribution in [0.5, 0.6) is 5.75 Å². The third-order valence-electron chi connectivity index (χ3n) is 4.86. The number of anilines is 2. The molecule has 0 aliphatic heterocycles. The highest BCUT2D eigenvalue weighted by Gasteiger charge is 2.12. The molecule has 0 saturated heterocycles. The molecule has 2 aromatic carbocycles. The van der Waals surface area contributed by atoms with E-state index < -0.39 is 0 Å². The molecule has 31 heavy (non-hydrogen) atoms. The summed E-state index contributed by atoms with van der Waals surface area (Å²) >= 11 is 0. The Morgan fingerprint density at radius 1 is 1.00 bits per heavy atom. The van der Waals surface area contributed by atoms with E-state index in [4.69, 9.17) is 16.2 Å². The van der Waals surface area contributed by atoms with Crippen molar-refractivity contribution in [2.24, 2.45) is 17.3 Å². The van der Waals surface area contributed by atoms with Crippen LogP contribution in [0, 0.1) is 0 Å². The number of carbonyl (C=O) groups is 1. The van der Waals surface area contributed by atoms with Crippen LogP contribution in [0.4, 0.5) is 23.0 Å². The summed E-state index contributed by atoms with van der Waals surface area (Å²) in [5, 5.41) is 9.41. The standard InChI is InChI=1S/C23H22N6O2/c1-29-14-15(16-6-2-4-8-19(16)29)10-13-22(30)31-20-9-5-3-7-17(20)27-28-18-11-12-21(24)26-23(18)25/h2-9,11-12,14H,10,13H2,1H3,(H4,24,25,26). The molecule has 0 saturated carbocycles. The van der Waals surface area contributed by atoms with Crippen molar-refractivity contribution in [3.63, 3.8) is 0 Å². The van der Waals surface area contributed by atoms with Crippen LogP contribution in [0.1, 0.15) is 12.0 Å². The Morgan fingerprint density at radius 2 is 1.74 bits per heavy atom. The van der Waals surface area contributed by atoms with Gasteiger partial charge in [0.2, 0.25) is 0 Å². The highest BCUT2D eigenvalue weighted by atomic mass is 16.5. The van der Waals surface area contributed by atoms with E-state index in [2.05, 4.69) is 31.9 Å². The maximum atomic E-state index is 12.5. The summed E-state index contributed by atoms with van der Waals surface area (Å²) in [6, 6.07) is 18.3. The minimum absolute atomic E-state index is 0.174. The van der Waals surface area contributed by atoms with E-state index in [1.165, 1.54) is 0 Å². The molecule has 0 bridgehead atoms. The second-order valence-corrected chi connectivity index (χ2v) is 7.06. The van der Waals surface area contributed by atoms with Crippen LogP contribution in [-0.4, -0.2) is 15.5 Å². The fourth-order valence-electron chi connectivity index (χ4n) is 3.34. The van der Waals surface area contributed by atoms with Gasteiger partial charge in [-0.2, -0.15) is 0 Å². The number of ether oxygens (including phenoxy) is 1. The van der Waals surface area contributed by atoms with Gasteiger partial charge in [-0.1, -0.05) is 30.3 Å². The van der Waals surface area contributed by atoms with Crippen molar-refractivity contribution in [3.05, 3.63) is 72.4 Å². The zero-order valence-corrected chi connectivity index (χ0v) is 17.0. The molecule has 0 unspecified atom stereocenters. The number of nitrogen functional groups attached to an aromatic ring is 2. The lowest BCUT2D eigenvalue weighted by Gasteiger charge is -2.06. The minimum atomic E-state index is -0.343. The summed E-state index contributed by atoms with van der Waals surface area (Å²) in [4.78, 5) is 16.4. The van der Waals surface area contributed by atoms with E-state index in [1.54, 1.807) is 36.4 Å². The second kappa shape index (κ2) is 8.66. The average Bonchev–Trinajstić information content (AvgIpc) is 3.08. The molecule has 0 aliphatic carbocycles. The van der Waals surface area contributed by atoms with E-state index in [0.29, 0.717) is 29.4 Å². The van der Waals surface area contributed by atoms with Crippen LogP contribution >= 0.6 is 0 Å². The van der Waals surface area contributed by atoms with Crippen molar-refractivity contribution >= 4 is 39.9 Å². The number of pyridine rings is 1. The van der Waals surface area contributed by atoms with Crippen molar-refractivity contribution in [2.75, 3.05) is 11.5 Å². The molecule has 4 N–H and O–H groups in total. The minimum Gasteiger partial charge on any atom is -0.424 e. The molecular formula is C23H22N6O2. The number of esters is 1. The van der Waals surface area contributed by atoms with Gasteiger partial charge in [-0.05, 0) is 42.3 Å². The zero-order valence-electron chi connectivity index (χ0n) is 17.0. The Kier molecular flexibility index (Phi) is 5.61. The smallest absolute Gasteiger partial charge is 0.311 e. The van der Waals surface area contributed by atoms with Gasteiger partial charge in [-0.3, -0.25) is 4.79 Å². The molecule has 0 amide bonds. The Hall–Kier alpha value is -4.20. The lowest BCUT2D eigenvalue weighted by Crippen LogP contribution is -2.09. The topological polar surface area (TPSA) is 121 Å². The van der Waals surface area contributed by atoms with Gasteiger partial charge in [0.1, 0.15) is 17.2 Å². The number of nitrogens with two attached hydrogens (primary N) is 2. The number of aryl methyl sites for hydroxylation is 2. The fourth-order valence-corrected chi connectivity index (χ4v) is 3.34. The highest BCUT2D eigenvalue weighted by molar-refractivity contribution is 5.84. The number of para-hydroxylation sites is 2. The van der Waals surface area contributed by atoms with Crippen molar-refractivity contribution in [3.8, 4) is 5.75 Å². The monoisotopic (exact) mass is 414 g/mol. The molecule has 0 spiro atoms. The van der Waals surface area contributed by atoms with E-state index >= 15 is 0 Å². The van der Waals surface area contributed by atoms with Gasteiger partial charge in [0.25, 0.3) is 0 Å². The molecule has 8 heteroatoms. The summed E-state index contributed by atoms with van der Waals surface area (Å²) in [5.41, 5.74) is 14.4. The number of fused-ring (bicyclic) bond motifs is 1. The van der Waals surface area contributed by atoms with Crippen LogP contribution in [-0.2, 0) is 18.3 Å². The van der Waals surface area contributed by atoms with Crippen molar-refractivity contribution in [2.45, 2.75) is 12.8 Å². The quantitative estimate of drug-likeness (QED) is 0.269. The normalized spacial score (nSPS) is 11.3. The molecular weight excluding hydrogens is 392 g/mol. The van der Waals surface area contributed by atoms with Gasteiger partial charge >= 0.3 is 5.97 Å². The Balaban J connectivity index is 1.45. The molecule has 2 heterocycles. The number of benzene rings is 2. The van der Waals surface area contributed by atoms with E-state index in [0.717, 1.165) is 16.5 Å². The number of carbonyl (C=O) groups excluding carboxylic acids is 1. The van der Waals surface area contributed by atoms with E-state index in [-0.39, 0.29) is 18.2 Å². The lowest BCUT2D eigenvalue weighted by molar-refractivity contribution is -0.134. The summed E-state index contributed by atoms with van der Waals surface area (Å²) in [6.45, 7) is 0. The molecule has 4 aromatic rings. The third kappa shape index (κ3) is 4.53. The second-order valence-electron chi connectivity index (χ2n) is 7.06. The van der Waals surface area contributed by atoms with Crippen molar-refractivity contribution in [1.29, 1.82) is 0 Å². The highest BCUT2D eigenvalue weighted by Crippen LogP contribution is 2.31. The first-order chi connectivity index (χ1) is 15.0. The fraction of sp³-hybridized carbons (Fsp3) is 0.130. The van der Waals surface area contributed by atoms with Crippen LogP contribution in [0.2, 0.25) is 0 Å². The van der Waals surface area contributed by atoms with Crippen LogP contribution in [0.3, 0.4) is 0 Å². The Morgan fingerprint density at radius 3 is 2.58 bits per heavy atom. The summed E-state index contributed by atoms with van der Waals surface area (Å²) in [7, 11) is 1.99. The largest absolute Gasteiger partial charge is 0.424 e. The number of nitrogens with zero attached hydrogens (tertiary/aromatic N) is 4.